The van der Waals surface area contributed by atoms with Crippen LogP contribution in [0.3, 0.4) is 0 Å². The Morgan fingerprint density at radius 3 is 2.61 bits per heavy atom. The minimum absolute atomic E-state index is 0.0392. The molecule has 0 aliphatic heterocycles. The number of rotatable bonds is 5. The first kappa shape index (κ1) is 14.5. The molecule has 2 N–H and O–H groups in total. The molecular formula is C13H16ClNO3. The summed E-state index contributed by atoms with van der Waals surface area (Å²) in [6.45, 7) is 4.05. The molecule has 5 heteroatoms. The molecule has 0 spiro atoms. The number of hydrogen-bond donors (Lipinski definition) is 2. The van der Waals surface area contributed by atoms with E-state index in [9.17, 15) is 9.59 Å². The molecule has 1 aromatic carbocycles. The molecule has 0 radical (unpaired) electrons. The van der Waals surface area contributed by atoms with E-state index in [4.69, 9.17) is 16.7 Å². The molecule has 0 unspecified atom stereocenters. The predicted molar refractivity (Wildman–Crippen MR) is 71.1 cm³/mol. The standard InChI is InChI=1S/C13H16ClNO3/c1-8(2)3-6-12(16)15-11-7-9(14)4-5-10(11)13(17)18/h4-5,7-8H,3,6H2,1-2H3,(H,15,16)(H,17,18). The van der Waals surface area contributed by atoms with Crippen molar-refractivity contribution in [3.63, 3.8) is 0 Å². The summed E-state index contributed by atoms with van der Waals surface area (Å²) in [6, 6.07) is 4.30. The molecule has 18 heavy (non-hydrogen) atoms. The number of carboxylic acids is 1. The molecule has 1 amide bonds. The van der Waals surface area contributed by atoms with Gasteiger partial charge in [-0.15, -0.1) is 0 Å². The Kier molecular flexibility index (Phi) is 5.16. The maximum atomic E-state index is 11.7. The zero-order valence-electron chi connectivity index (χ0n) is 10.4. The number of nitrogens with one attached hydrogen (secondary N) is 1. The summed E-state index contributed by atoms with van der Waals surface area (Å²) in [6.07, 6.45) is 1.12. The summed E-state index contributed by atoms with van der Waals surface area (Å²) in [4.78, 5) is 22.6. The Balaban J connectivity index is 2.79. The Labute approximate surface area is 111 Å². The summed E-state index contributed by atoms with van der Waals surface area (Å²) in [5, 5.41) is 12.0. The molecular weight excluding hydrogens is 254 g/mol. The highest BCUT2D eigenvalue weighted by atomic mass is 35.5. The number of halogens is 1. The lowest BCUT2D eigenvalue weighted by atomic mass is 10.1. The van der Waals surface area contributed by atoms with E-state index in [1.807, 2.05) is 13.8 Å². The number of benzene rings is 1. The summed E-state index contributed by atoms with van der Waals surface area (Å²) >= 11 is 5.79. The summed E-state index contributed by atoms with van der Waals surface area (Å²) < 4.78 is 0. The number of carbonyl (C=O) groups excluding carboxylic acids is 1. The van der Waals surface area contributed by atoms with Crippen LogP contribution in [0.25, 0.3) is 0 Å². The van der Waals surface area contributed by atoms with Crippen molar-refractivity contribution in [1.29, 1.82) is 0 Å². The molecule has 0 aromatic heterocycles. The number of carbonyl (C=O) groups is 2. The third-order valence-corrected chi connectivity index (χ3v) is 2.67. The fourth-order valence-electron chi connectivity index (χ4n) is 1.44. The lowest BCUT2D eigenvalue weighted by molar-refractivity contribution is -0.116. The fourth-order valence-corrected chi connectivity index (χ4v) is 1.61. The highest BCUT2D eigenvalue weighted by Gasteiger charge is 2.13. The number of hydrogen-bond acceptors (Lipinski definition) is 2. The lowest BCUT2D eigenvalue weighted by Crippen LogP contribution is -2.15. The SMILES string of the molecule is CC(C)CCC(=O)Nc1cc(Cl)ccc1C(=O)O. The van der Waals surface area contributed by atoms with Crippen LogP contribution in [0.1, 0.15) is 37.0 Å². The second-order valence-corrected chi connectivity index (χ2v) is 4.91. The van der Waals surface area contributed by atoms with E-state index in [1.54, 1.807) is 0 Å². The lowest BCUT2D eigenvalue weighted by Gasteiger charge is -2.09. The number of carboxylic acid groups (broad SMARTS) is 1. The van der Waals surface area contributed by atoms with Crippen molar-refractivity contribution in [2.45, 2.75) is 26.7 Å². The summed E-state index contributed by atoms with van der Waals surface area (Å²) in [7, 11) is 0. The second kappa shape index (κ2) is 6.40. The minimum Gasteiger partial charge on any atom is -0.478 e. The van der Waals surface area contributed by atoms with E-state index >= 15 is 0 Å². The molecule has 4 nitrogen and oxygen atoms in total. The van der Waals surface area contributed by atoms with E-state index in [-0.39, 0.29) is 17.2 Å². The first-order valence-corrected chi connectivity index (χ1v) is 6.10. The van der Waals surface area contributed by atoms with Crippen molar-refractivity contribution in [3.8, 4) is 0 Å². The van der Waals surface area contributed by atoms with Crippen LogP contribution in [0, 0.1) is 5.92 Å². The van der Waals surface area contributed by atoms with Crippen molar-refractivity contribution >= 4 is 29.2 Å². The largest absolute Gasteiger partial charge is 0.478 e. The Morgan fingerprint density at radius 2 is 2.06 bits per heavy atom. The molecule has 0 aliphatic rings. The molecule has 0 bridgehead atoms. The average molecular weight is 270 g/mol. The predicted octanol–water partition coefficient (Wildman–Crippen LogP) is 3.41. The van der Waals surface area contributed by atoms with E-state index in [2.05, 4.69) is 5.32 Å². The van der Waals surface area contributed by atoms with Crippen molar-refractivity contribution in [2.75, 3.05) is 5.32 Å². The topological polar surface area (TPSA) is 66.4 Å². The quantitative estimate of drug-likeness (QED) is 0.861. The molecule has 1 aromatic rings. The van der Waals surface area contributed by atoms with Gasteiger partial charge in [0.15, 0.2) is 0 Å². The third-order valence-electron chi connectivity index (χ3n) is 2.43. The smallest absolute Gasteiger partial charge is 0.337 e. The van der Waals surface area contributed by atoms with Crippen LogP contribution < -0.4 is 5.32 Å². The molecule has 0 saturated carbocycles. The van der Waals surface area contributed by atoms with Gasteiger partial charge in [-0.05, 0) is 30.5 Å². The van der Waals surface area contributed by atoms with Gasteiger partial charge in [0, 0.05) is 11.4 Å². The molecule has 0 atom stereocenters. The van der Waals surface area contributed by atoms with Gasteiger partial charge in [0.05, 0.1) is 11.3 Å². The Hall–Kier alpha value is -1.55. The van der Waals surface area contributed by atoms with Crippen molar-refractivity contribution < 1.29 is 14.7 Å². The van der Waals surface area contributed by atoms with Gasteiger partial charge in [-0.3, -0.25) is 4.79 Å². The number of aromatic carboxylic acids is 1. The summed E-state index contributed by atoms with van der Waals surface area (Å²) in [5.74, 6) is -0.867. The van der Waals surface area contributed by atoms with Gasteiger partial charge in [0.1, 0.15) is 0 Å². The van der Waals surface area contributed by atoms with Crippen LogP contribution in [0.2, 0.25) is 5.02 Å². The molecule has 98 valence electrons. The van der Waals surface area contributed by atoms with Gasteiger partial charge >= 0.3 is 5.97 Å². The second-order valence-electron chi connectivity index (χ2n) is 4.48. The highest BCUT2D eigenvalue weighted by molar-refractivity contribution is 6.31. The van der Waals surface area contributed by atoms with Gasteiger partial charge in [0.2, 0.25) is 5.91 Å². The van der Waals surface area contributed by atoms with Crippen molar-refractivity contribution in [2.24, 2.45) is 5.92 Å². The molecule has 1 rings (SSSR count). The first-order chi connectivity index (χ1) is 8.40. The zero-order chi connectivity index (χ0) is 13.7. The van der Waals surface area contributed by atoms with Crippen LogP contribution in [0.15, 0.2) is 18.2 Å². The molecule has 0 aliphatic carbocycles. The monoisotopic (exact) mass is 269 g/mol. The normalized spacial score (nSPS) is 10.4. The van der Waals surface area contributed by atoms with Gasteiger partial charge in [0.25, 0.3) is 0 Å². The Morgan fingerprint density at radius 1 is 1.39 bits per heavy atom. The van der Waals surface area contributed by atoms with Crippen LogP contribution in [0.4, 0.5) is 5.69 Å². The van der Waals surface area contributed by atoms with Crippen LogP contribution in [-0.4, -0.2) is 17.0 Å². The average Bonchev–Trinajstić information content (AvgIpc) is 2.26. The van der Waals surface area contributed by atoms with E-state index in [0.29, 0.717) is 17.4 Å². The van der Waals surface area contributed by atoms with E-state index < -0.39 is 5.97 Å². The first-order valence-electron chi connectivity index (χ1n) is 5.73. The Bertz CT molecular complexity index is 458. The minimum atomic E-state index is -1.09. The van der Waals surface area contributed by atoms with Crippen LogP contribution >= 0.6 is 11.6 Å². The maximum absolute atomic E-state index is 11.7. The summed E-state index contributed by atoms with van der Waals surface area (Å²) in [5.41, 5.74) is 0.279. The number of amides is 1. The fraction of sp³-hybridized carbons (Fsp3) is 0.385. The van der Waals surface area contributed by atoms with Crippen LogP contribution in [-0.2, 0) is 4.79 Å². The highest BCUT2D eigenvalue weighted by Crippen LogP contribution is 2.21. The molecule has 0 heterocycles. The maximum Gasteiger partial charge on any atom is 0.337 e. The van der Waals surface area contributed by atoms with Gasteiger partial charge in [-0.25, -0.2) is 4.79 Å². The molecule has 0 fully saturated rings. The van der Waals surface area contributed by atoms with E-state index in [0.717, 1.165) is 6.42 Å². The zero-order valence-corrected chi connectivity index (χ0v) is 11.1. The van der Waals surface area contributed by atoms with Gasteiger partial charge in [-0.2, -0.15) is 0 Å². The number of anilines is 1. The van der Waals surface area contributed by atoms with Crippen molar-refractivity contribution in [1.82, 2.24) is 0 Å². The van der Waals surface area contributed by atoms with Gasteiger partial charge < -0.3 is 10.4 Å². The van der Waals surface area contributed by atoms with Gasteiger partial charge in [-0.1, -0.05) is 25.4 Å². The van der Waals surface area contributed by atoms with Crippen molar-refractivity contribution in [3.05, 3.63) is 28.8 Å². The third kappa shape index (κ3) is 4.37. The van der Waals surface area contributed by atoms with E-state index in [1.165, 1.54) is 18.2 Å². The molecule has 0 saturated heterocycles. The van der Waals surface area contributed by atoms with Crippen LogP contribution in [0.5, 0.6) is 0 Å².